The van der Waals surface area contributed by atoms with Crippen molar-refractivity contribution in [1.29, 1.82) is 5.26 Å². The van der Waals surface area contributed by atoms with E-state index in [0.717, 1.165) is 11.8 Å². The molecule has 0 aromatic heterocycles. The molecule has 0 atom stereocenters. The SMILES string of the molecule is CC(C)(SCc1cc(C#N)ccc1F)C(=O)O. The molecule has 1 N–H and O–H groups in total. The molecule has 0 bridgehead atoms. The summed E-state index contributed by atoms with van der Waals surface area (Å²) in [6, 6.07) is 5.99. The number of halogens is 1. The lowest BCUT2D eigenvalue weighted by Crippen LogP contribution is -2.27. The first-order chi connectivity index (χ1) is 7.86. The average Bonchev–Trinajstić information content (AvgIpc) is 2.28. The summed E-state index contributed by atoms with van der Waals surface area (Å²) in [7, 11) is 0. The third kappa shape index (κ3) is 3.46. The molecule has 3 nitrogen and oxygen atoms in total. The van der Waals surface area contributed by atoms with Gasteiger partial charge in [-0.2, -0.15) is 5.26 Å². The van der Waals surface area contributed by atoms with Crippen LogP contribution in [0.4, 0.5) is 4.39 Å². The molecule has 0 amide bonds. The first kappa shape index (κ1) is 13.5. The fraction of sp³-hybridized carbons (Fsp3) is 0.333. The lowest BCUT2D eigenvalue weighted by Gasteiger charge is -2.18. The summed E-state index contributed by atoms with van der Waals surface area (Å²) >= 11 is 1.12. The number of nitrogens with zero attached hydrogens (tertiary/aromatic N) is 1. The van der Waals surface area contributed by atoms with Crippen molar-refractivity contribution in [2.24, 2.45) is 0 Å². The number of rotatable bonds is 4. The van der Waals surface area contributed by atoms with Gasteiger partial charge in [-0.25, -0.2) is 4.39 Å². The second-order valence-corrected chi connectivity index (χ2v) is 5.62. The quantitative estimate of drug-likeness (QED) is 0.896. The Morgan fingerprint density at radius 3 is 2.76 bits per heavy atom. The second kappa shape index (κ2) is 5.19. The van der Waals surface area contributed by atoms with Crippen molar-refractivity contribution in [2.45, 2.75) is 24.3 Å². The van der Waals surface area contributed by atoms with Crippen LogP contribution in [0.3, 0.4) is 0 Å². The lowest BCUT2D eigenvalue weighted by atomic mass is 10.1. The van der Waals surface area contributed by atoms with Crippen LogP contribution in [0.2, 0.25) is 0 Å². The Morgan fingerprint density at radius 2 is 2.24 bits per heavy atom. The highest BCUT2D eigenvalue weighted by molar-refractivity contribution is 8.00. The van der Waals surface area contributed by atoms with E-state index >= 15 is 0 Å². The number of aliphatic carboxylic acids is 1. The van der Waals surface area contributed by atoms with Gasteiger partial charge in [-0.15, -0.1) is 11.8 Å². The molecular formula is C12H12FNO2S. The third-order valence-electron chi connectivity index (χ3n) is 2.28. The van der Waals surface area contributed by atoms with Crippen LogP contribution >= 0.6 is 11.8 Å². The molecule has 90 valence electrons. The van der Waals surface area contributed by atoms with Gasteiger partial charge in [-0.1, -0.05) is 0 Å². The van der Waals surface area contributed by atoms with Crippen molar-refractivity contribution in [1.82, 2.24) is 0 Å². The summed E-state index contributed by atoms with van der Waals surface area (Å²) in [5.41, 5.74) is 0.721. The maximum Gasteiger partial charge on any atom is 0.319 e. The number of benzene rings is 1. The van der Waals surface area contributed by atoms with Crippen LogP contribution in [0.5, 0.6) is 0 Å². The van der Waals surface area contributed by atoms with E-state index < -0.39 is 16.5 Å². The Balaban J connectivity index is 2.83. The molecule has 0 radical (unpaired) electrons. The standard InChI is InChI=1S/C12H12FNO2S/c1-12(2,11(15)16)17-7-9-5-8(6-14)3-4-10(9)13/h3-5H,7H2,1-2H3,(H,15,16). The summed E-state index contributed by atoms with van der Waals surface area (Å²) in [4.78, 5) is 10.9. The number of carboxylic acid groups (broad SMARTS) is 1. The second-order valence-electron chi connectivity index (χ2n) is 4.02. The van der Waals surface area contributed by atoms with Gasteiger partial charge in [0.05, 0.1) is 11.6 Å². The molecule has 0 saturated carbocycles. The van der Waals surface area contributed by atoms with Gasteiger partial charge >= 0.3 is 5.97 Å². The molecule has 0 aliphatic rings. The molecule has 17 heavy (non-hydrogen) atoms. The van der Waals surface area contributed by atoms with E-state index in [-0.39, 0.29) is 5.75 Å². The maximum absolute atomic E-state index is 13.4. The van der Waals surface area contributed by atoms with Gasteiger partial charge < -0.3 is 5.11 Å². The van der Waals surface area contributed by atoms with Crippen LogP contribution in [-0.4, -0.2) is 15.8 Å². The minimum atomic E-state index is -0.977. The molecular weight excluding hydrogens is 241 g/mol. The largest absolute Gasteiger partial charge is 0.480 e. The Bertz CT molecular complexity index is 480. The minimum absolute atomic E-state index is 0.223. The minimum Gasteiger partial charge on any atom is -0.480 e. The first-order valence-electron chi connectivity index (χ1n) is 4.92. The van der Waals surface area contributed by atoms with Crippen LogP contribution in [0.1, 0.15) is 25.0 Å². The van der Waals surface area contributed by atoms with Crippen molar-refractivity contribution in [3.05, 3.63) is 35.1 Å². The Kier molecular flexibility index (Phi) is 4.13. The van der Waals surface area contributed by atoms with Gasteiger partial charge in [0.1, 0.15) is 10.6 Å². The number of carbonyl (C=O) groups is 1. The molecule has 1 aromatic carbocycles. The van der Waals surface area contributed by atoms with Crippen LogP contribution < -0.4 is 0 Å². The Morgan fingerprint density at radius 1 is 1.59 bits per heavy atom. The highest BCUT2D eigenvalue weighted by Gasteiger charge is 2.27. The predicted molar refractivity (Wildman–Crippen MR) is 64.1 cm³/mol. The summed E-state index contributed by atoms with van der Waals surface area (Å²) in [6.45, 7) is 3.12. The van der Waals surface area contributed by atoms with Crippen molar-refractivity contribution in [2.75, 3.05) is 0 Å². The molecule has 0 fully saturated rings. The zero-order valence-electron chi connectivity index (χ0n) is 9.53. The molecule has 0 saturated heterocycles. The number of carboxylic acids is 1. The van der Waals surface area contributed by atoms with Crippen molar-refractivity contribution in [3.63, 3.8) is 0 Å². The fourth-order valence-corrected chi connectivity index (χ4v) is 1.94. The van der Waals surface area contributed by atoms with E-state index in [2.05, 4.69) is 0 Å². The molecule has 0 spiro atoms. The molecule has 0 aliphatic heterocycles. The van der Waals surface area contributed by atoms with E-state index in [9.17, 15) is 9.18 Å². The lowest BCUT2D eigenvalue weighted by molar-refractivity contribution is -0.138. The summed E-state index contributed by atoms with van der Waals surface area (Å²) in [5, 5.41) is 17.6. The van der Waals surface area contributed by atoms with Gasteiger partial charge in [0.25, 0.3) is 0 Å². The van der Waals surface area contributed by atoms with Crippen LogP contribution in [0, 0.1) is 17.1 Å². The smallest absolute Gasteiger partial charge is 0.319 e. The number of hydrogen-bond acceptors (Lipinski definition) is 3. The number of thioether (sulfide) groups is 1. The zero-order chi connectivity index (χ0) is 13.1. The van der Waals surface area contributed by atoms with Gasteiger partial charge in [0.15, 0.2) is 0 Å². The highest BCUT2D eigenvalue weighted by Crippen LogP contribution is 2.29. The van der Waals surface area contributed by atoms with E-state index in [1.54, 1.807) is 13.8 Å². The summed E-state index contributed by atoms with van der Waals surface area (Å²) in [5.74, 6) is -1.14. The third-order valence-corrected chi connectivity index (χ3v) is 3.63. The van der Waals surface area contributed by atoms with Crippen LogP contribution in [0.15, 0.2) is 18.2 Å². The van der Waals surface area contributed by atoms with Crippen LogP contribution in [0.25, 0.3) is 0 Å². The molecule has 1 aromatic rings. The topological polar surface area (TPSA) is 61.1 Å². The first-order valence-corrected chi connectivity index (χ1v) is 5.91. The Hall–Kier alpha value is -1.54. The highest BCUT2D eigenvalue weighted by atomic mass is 32.2. The monoisotopic (exact) mass is 253 g/mol. The molecule has 1 rings (SSSR count). The summed E-state index contributed by atoms with van der Waals surface area (Å²) in [6.07, 6.45) is 0. The number of nitriles is 1. The normalized spacial score (nSPS) is 10.9. The molecule has 0 heterocycles. The van der Waals surface area contributed by atoms with Gasteiger partial charge in [-0.05, 0) is 37.6 Å². The fourth-order valence-electron chi connectivity index (χ4n) is 1.07. The molecule has 5 heteroatoms. The molecule has 0 aliphatic carbocycles. The van der Waals surface area contributed by atoms with E-state index in [1.165, 1.54) is 18.2 Å². The average molecular weight is 253 g/mol. The number of hydrogen-bond donors (Lipinski definition) is 1. The van der Waals surface area contributed by atoms with E-state index in [1.807, 2.05) is 6.07 Å². The predicted octanol–water partition coefficient (Wildman–Crippen LogP) is 2.79. The van der Waals surface area contributed by atoms with E-state index in [4.69, 9.17) is 10.4 Å². The van der Waals surface area contributed by atoms with Gasteiger partial charge in [0, 0.05) is 5.75 Å². The summed E-state index contributed by atoms with van der Waals surface area (Å²) < 4.78 is 12.4. The zero-order valence-corrected chi connectivity index (χ0v) is 10.3. The maximum atomic E-state index is 13.4. The molecule has 0 unspecified atom stereocenters. The Labute approximate surface area is 103 Å². The van der Waals surface area contributed by atoms with Crippen molar-refractivity contribution < 1.29 is 14.3 Å². The van der Waals surface area contributed by atoms with Gasteiger partial charge in [-0.3, -0.25) is 4.79 Å². The van der Waals surface area contributed by atoms with Gasteiger partial charge in [0.2, 0.25) is 0 Å². The van der Waals surface area contributed by atoms with Crippen molar-refractivity contribution in [3.8, 4) is 6.07 Å². The van der Waals surface area contributed by atoms with Crippen molar-refractivity contribution >= 4 is 17.7 Å². The van der Waals surface area contributed by atoms with Crippen LogP contribution in [-0.2, 0) is 10.5 Å². The van der Waals surface area contributed by atoms with E-state index in [0.29, 0.717) is 11.1 Å².